The lowest BCUT2D eigenvalue weighted by molar-refractivity contribution is -0.137. The number of rotatable bonds is 4. The maximum Gasteiger partial charge on any atom is 0.251 e. The number of benzene rings is 1. The molecule has 4 atom stereocenters. The smallest absolute Gasteiger partial charge is 0.251 e. The summed E-state index contributed by atoms with van der Waals surface area (Å²) in [5.41, 5.74) is 2.22. The van der Waals surface area contributed by atoms with Gasteiger partial charge in [0.25, 0.3) is 5.91 Å². The molecule has 30 heavy (non-hydrogen) atoms. The van der Waals surface area contributed by atoms with Gasteiger partial charge >= 0.3 is 0 Å². The fourth-order valence-electron chi connectivity index (χ4n) is 4.53. The summed E-state index contributed by atoms with van der Waals surface area (Å²) in [7, 11) is 0. The topological polar surface area (TPSA) is 90.3 Å². The van der Waals surface area contributed by atoms with Crippen LogP contribution in [0.25, 0.3) is 10.9 Å². The van der Waals surface area contributed by atoms with Crippen LogP contribution in [0.3, 0.4) is 0 Å². The normalized spacial score (nSPS) is 26.9. The standard InChI is InChI=1S/C23H29N5O2/c1-15-5-3-9-25-19(15)12-27-23(29)21-14-28(13-16(2)30-21)20-8-7-17(11-24)22-18(20)6-4-10-26-22/h4,6-8,10,15-16,19,21,25H,3,5,9,12-14H2,1-2H3,(H,27,29)/t15?,16-,19?,21-/m1/s1. The third-order valence-corrected chi connectivity index (χ3v) is 6.19. The third-order valence-electron chi connectivity index (χ3n) is 6.19. The molecule has 3 heterocycles. The summed E-state index contributed by atoms with van der Waals surface area (Å²) in [6.45, 7) is 7.00. The highest BCUT2D eigenvalue weighted by molar-refractivity contribution is 5.95. The molecule has 1 amide bonds. The van der Waals surface area contributed by atoms with Crippen LogP contribution in [0.2, 0.25) is 0 Å². The summed E-state index contributed by atoms with van der Waals surface area (Å²) in [6.07, 6.45) is 3.47. The molecule has 7 nitrogen and oxygen atoms in total. The Morgan fingerprint density at radius 1 is 1.37 bits per heavy atom. The Bertz CT molecular complexity index is 956. The summed E-state index contributed by atoms with van der Waals surface area (Å²) in [5.74, 6) is 0.487. The van der Waals surface area contributed by atoms with Crippen molar-refractivity contribution in [2.45, 2.75) is 44.9 Å². The van der Waals surface area contributed by atoms with Gasteiger partial charge in [-0.15, -0.1) is 0 Å². The van der Waals surface area contributed by atoms with E-state index in [4.69, 9.17) is 4.74 Å². The minimum Gasteiger partial charge on any atom is -0.365 e. The molecule has 2 aliphatic rings. The Morgan fingerprint density at radius 2 is 2.23 bits per heavy atom. The molecule has 2 fully saturated rings. The molecule has 0 aliphatic carbocycles. The number of anilines is 1. The van der Waals surface area contributed by atoms with E-state index in [1.54, 1.807) is 12.3 Å². The van der Waals surface area contributed by atoms with Crippen molar-refractivity contribution < 1.29 is 9.53 Å². The highest BCUT2D eigenvalue weighted by atomic mass is 16.5. The van der Waals surface area contributed by atoms with Crippen molar-refractivity contribution in [1.82, 2.24) is 15.6 Å². The van der Waals surface area contributed by atoms with E-state index in [2.05, 4.69) is 33.5 Å². The number of piperidine rings is 1. The van der Waals surface area contributed by atoms with E-state index in [0.717, 1.165) is 17.6 Å². The zero-order valence-electron chi connectivity index (χ0n) is 17.6. The zero-order chi connectivity index (χ0) is 21.1. The Kier molecular flexibility index (Phi) is 6.16. The Balaban J connectivity index is 1.49. The first-order chi connectivity index (χ1) is 14.6. The number of carbonyl (C=O) groups excluding carboxylic acids is 1. The molecule has 7 heteroatoms. The van der Waals surface area contributed by atoms with Crippen molar-refractivity contribution in [3.05, 3.63) is 36.0 Å². The number of aromatic nitrogens is 1. The molecule has 2 aromatic rings. The predicted molar refractivity (Wildman–Crippen MR) is 116 cm³/mol. The minimum absolute atomic E-state index is 0.0674. The fourth-order valence-corrected chi connectivity index (χ4v) is 4.53. The van der Waals surface area contributed by atoms with Crippen LogP contribution in [0, 0.1) is 17.2 Å². The lowest BCUT2D eigenvalue weighted by Crippen LogP contribution is -2.55. The molecule has 2 aliphatic heterocycles. The number of amides is 1. The Labute approximate surface area is 177 Å². The second kappa shape index (κ2) is 8.99. The van der Waals surface area contributed by atoms with Crippen molar-refractivity contribution in [3.63, 3.8) is 0 Å². The van der Waals surface area contributed by atoms with Crippen LogP contribution in [0.15, 0.2) is 30.5 Å². The maximum atomic E-state index is 12.9. The van der Waals surface area contributed by atoms with Gasteiger partial charge in [-0.3, -0.25) is 9.78 Å². The molecular formula is C23H29N5O2. The van der Waals surface area contributed by atoms with E-state index in [-0.39, 0.29) is 12.0 Å². The summed E-state index contributed by atoms with van der Waals surface area (Å²) >= 11 is 0. The quantitative estimate of drug-likeness (QED) is 0.808. The van der Waals surface area contributed by atoms with Crippen molar-refractivity contribution in [2.75, 3.05) is 31.1 Å². The largest absolute Gasteiger partial charge is 0.365 e. The van der Waals surface area contributed by atoms with Gasteiger partial charge in [-0.25, -0.2) is 0 Å². The van der Waals surface area contributed by atoms with Crippen molar-refractivity contribution in [2.24, 2.45) is 5.92 Å². The summed E-state index contributed by atoms with van der Waals surface area (Å²) in [6, 6.07) is 10.1. The van der Waals surface area contributed by atoms with Crippen molar-refractivity contribution in [1.29, 1.82) is 5.26 Å². The van der Waals surface area contributed by atoms with E-state index < -0.39 is 6.10 Å². The number of fused-ring (bicyclic) bond motifs is 1. The first kappa shape index (κ1) is 20.6. The van der Waals surface area contributed by atoms with Gasteiger partial charge in [-0.2, -0.15) is 5.26 Å². The van der Waals surface area contributed by atoms with Crippen LogP contribution in [-0.4, -0.2) is 55.3 Å². The number of hydrogen-bond donors (Lipinski definition) is 2. The number of nitrogens with one attached hydrogen (secondary N) is 2. The Morgan fingerprint density at radius 3 is 3.03 bits per heavy atom. The molecule has 0 saturated carbocycles. The zero-order valence-corrected chi connectivity index (χ0v) is 17.6. The summed E-state index contributed by atoms with van der Waals surface area (Å²) in [4.78, 5) is 19.5. The van der Waals surface area contributed by atoms with E-state index in [0.29, 0.717) is 42.7 Å². The minimum atomic E-state index is -0.532. The molecule has 0 bridgehead atoms. The number of carbonyl (C=O) groups is 1. The lowest BCUT2D eigenvalue weighted by atomic mass is 9.93. The van der Waals surface area contributed by atoms with Crippen LogP contribution >= 0.6 is 0 Å². The van der Waals surface area contributed by atoms with Gasteiger partial charge < -0.3 is 20.3 Å². The molecule has 4 rings (SSSR count). The lowest BCUT2D eigenvalue weighted by Gasteiger charge is -2.38. The van der Waals surface area contributed by atoms with Gasteiger partial charge in [0.1, 0.15) is 6.07 Å². The molecule has 2 unspecified atom stereocenters. The molecular weight excluding hydrogens is 378 g/mol. The first-order valence-corrected chi connectivity index (χ1v) is 10.8. The number of morpholine rings is 1. The van der Waals surface area contributed by atoms with Crippen LogP contribution in [0.5, 0.6) is 0 Å². The molecule has 2 saturated heterocycles. The van der Waals surface area contributed by atoms with Gasteiger partial charge in [0, 0.05) is 36.4 Å². The van der Waals surface area contributed by atoms with Gasteiger partial charge in [-0.1, -0.05) is 6.92 Å². The van der Waals surface area contributed by atoms with E-state index >= 15 is 0 Å². The third kappa shape index (κ3) is 4.25. The highest BCUT2D eigenvalue weighted by Crippen LogP contribution is 2.30. The number of hydrogen-bond acceptors (Lipinski definition) is 6. The number of ether oxygens (including phenoxy) is 1. The Hall–Kier alpha value is -2.69. The van der Waals surface area contributed by atoms with Crippen LogP contribution in [-0.2, 0) is 9.53 Å². The molecule has 1 aromatic heterocycles. The van der Waals surface area contributed by atoms with Gasteiger partial charge in [-0.05, 0) is 56.5 Å². The molecule has 158 valence electrons. The summed E-state index contributed by atoms with van der Waals surface area (Å²) < 4.78 is 5.98. The molecule has 1 aromatic carbocycles. The first-order valence-electron chi connectivity index (χ1n) is 10.8. The molecule has 2 N–H and O–H groups in total. The monoisotopic (exact) mass is 407 g/mol. The second-order valence-corrected chi connectivity index (χ2v) is 8.41. The average Bonchev–Trinajstić information content (AvgIpc) is 2.77. The second-order valence-electron chi connectivity index (χ2n) is 8.41. The average molecular weight is 408 g/mol. The number of pyridine rings is 1. The van der Waals surface area contributed by atoms with Crippen molar-refractivity contribution in [3.8, 4) is 6.07 Å². The van der Waals surface area contributed by atoms with E-state index in [9.17, 15) is 10.1 Å². The molecule has 0 spiro atoms. The molecule has 0 radical (unpaired) electrons. The van der Waals surface area contributed by atoms with Gasteiger partial charge in [0.05, 0.1) is 23.7 Å². The van der Waals surface area contributed by atoms with E-state index in [1.807, 2.05) is 25.1 Å². The van der Waals surface area contributed by atoms with E-state index in [1.165, 1.54) is 12.8 Å². The van der Waals surface area contributed by atoms with Crippen LogP contribution in [0.1, 0.15) is 32.3 Å². The van der Waals surface area contributed by atoms with Gasteiger partial charge in [0.15, 0.2) is 6.10 Å². The van der Waals surface area contributed by atoms with Gasteiger partial charge in [0.2, 0.25) is 0 Å². The number of nitriles is 1. The highest BCUT2D eigenvalue weighted by Gasteiger charge is 2.32. The fraction of sp³-hybridized carbons (Fsp3) is 0.522. The van der Waals surface area contributed by atoms with Crippen LogP contribution < -0.4 is 15.5 Å². The van der Waals surface area contributed by atoms with Crippen LogP contribution in [0.4, 0.5) is 5.69 Å². The number of nitrogens with zero attached hydrogens (tertiary/aromatic N) is 3. The SMILES string of the molecule is CC1CCCNC1CNC(=O)[C@H]1CN(c2ccc(C#N)c3ncccc23)C[C@@H](C)O1. The maximum absolute atomic E-state index is 12.9. The summed E-state index contributed by atoms with van der Waals surface area (Å²) in [5, 5.41) is 16.9. The predicted octanol–water partition coefficient (Wildman–Crippen LogP) is 2.20. The van der Waals surface area contributed by atoms with Crippen molar-refractivity contribution >= 4 is 22.5 Å².